The molecule has 17 heavy (non-hydrogen) atoms. The average molecular weight is 259 g/mol. The van der Waals surface area contributed by atoms with E-state index in [-0.39, 0.29) is 5.88 Å². The second-order valence-electron chi connectivity index (χ2n) is 3.68. The summed E-state index contributed by atoms with van der Waals surface area (Å²) in [6, 6.07) is 4.87. The van der Waals surface area contributed by atoms with Gasteiger partial charge in [0, 0.05) is 0 Å². The number of aliphatic hydroxyl groups excluding tert-OH is 2. The summed E-state index contributed by atoms with van der Waals surface area (Å²) in [4.78, 5) is 11.5. The highest BCUT2D eigenvalue weighted by molar-refractivity contribution is 6.18. The summed E-state index contributed by atoms with van der Waals surface area (Å²) in [6.07, 6.45) is -2.18. The molecule has 0 aromatic heterocycles. The summed E-state index contributed by atoms with van der Waals surface area (Å²) in [5.74, 6) is -0.555. The Morgan fingerprint density at radius 2 is 2.12 bits per heavy atom. The van der Waals surface area contributed by atoms with Crippen LogP contribution in [0, 0.1) is 6.92 Å². The van der Waals surface area contributed by atoms with E-state index in [0.717, 1.165) is 0 Å². The van der Waals surface area contributed by atoms with E-state index in [1.54, 1.807) is 25.1 Å². The van der Waals surface area contributed by atoms with Crippen molar-refractivity contribution >= 4 is 17.6 Å². The largest absolute Gasteiger partial charge is 0.465 e. The van der Waals surface area contributed by atoms with Gasteiger partial charge in [0.2, 0.25) is 0 Å². The SMILES string of the molecule is COC(=O)c1cccc(C(O)C(O)CCl)c1C. The number of carbonyl (C=O) groups is 1. The fourth-order valence-corrected chi connectivity index (χ4v) is 1.77. The molecule has 0 aliphatic heterocycles. The first kappa shape index (κ1) is 14.0. The second-order valence-corrected chi connectivity index (χ2v) is 3.99. The molecule has 0 aliphatic rings. The molecule has 2 unspecified atom stereocenters. The number of methoxy groups -OCH3 is 1. The van der Waals surface area contributed by atoms with Crippen LogP contribution in [0.3, 0.4) is 0 Å². The summed E-state index contributed by atoms with van der Waals surface area (Å²) in [6.45, 7) is 1.69. The number of rotatable bonds is 4. The normalized spacial score (nSPS) is 14.2. The molecule has 0 saturated carbocycles. The Bertz CT molecular complexity index is 405. The van der Waals surface area contributed by atoms with Crippen molar-refractivity contribution in [1.29, 1.82) is 0 Å². The maximum Gasteiger partial charge on any atom is 0.338 e. The van der Waals surface area contributed by atoms with Gasteiger partial charge in [0.15, 0.2) is 0 Å². The van der Waals surface area contributed by atoms with Crippen molar-refractivity contribution in [2.24, 2.45) is 0 Å². The van der Waals surface area contributed by atoms with Crippen molar-refractivity contribution in [2.45, 2.75) is 19.1 Å². The van der Waals surface area contributed by atoms with E-state index in [1.165, 1.54) is 7.11 Å². The maximum absolute atomic E-state index is 11.5. The van der Waals surface area contributed by atoms with Gasteiger partial charge in [0.1, 0.15) is 6.10 Å². The van der Waals surface area contributed by atoms with Gasteiger partial charge in [-0.25, -0.2) is 4.79 Å². The Morgan fingerprint density at radius 1 is 1.47 bits per heavy atom. The molecule has 94 valence electrons. The minimum Gasteiger partial charge on any atom is -0.465 e. The third-order valence-electron chi connectivity index (χ3n) is 2.62. The number of hydrogen-bond donors (Lipinski definition) is 2. The van der Waals surface area contributed by atoms with Crippen LogP contribution in [0.25, 0.3) is 0 Å². The molecule has 0 fully saturated rings. The first-order chi connectivity index (χ1) is 8.02. The molecule has 5 heteroatoms. The van der Waals surface area contributed by atoms with Gasteiger partial charge in [0.25, 0.3) is 0 Å². The first-order valence-electron chi connectivity index (χ1n) is 5.12. The number of alkyl halides is 1. The third-order valence-corrected chi connectivity index (χ3v) is 2.94. The molecule has 0 spiro atoms. The third kappa shape index (κ3) is 2.97. The number of ether oxygens (including phenoxy) is 1. The predicted molar refractivity (Wildman–Crippen MR) is 64.2 cm³/mol. The van der Waals surface area contributed by atoms with E-state index in [1.807, 2.05) is 0 Å². The highest BCUT2D eigenvalue weighted by atomic mass is 35.5. The predicted octanol–water partition coefficient (Wildman–Crippen LogP) is 1.41. The Hall–Kier alpha value is -1.10. The van der Waals surface area contributed by atoms with Crippen molar-refractivity contribution in [3.8, 4) is 0 Å². The first-order valence-corrected chi connectivity index (χ1v) is 5.66. The Labute approximate surface area is 105 Å². The zero-order valence-corrected chi connectivity index (χ0v) is 10.4. The molecule has 0 amide bonds. The maximum atomic E-state index is 11.5. The van der Waals surface area contributed by atoms with Crippen molar-refractivity contribution in [3.63, 3.8) is 0 Å². The average Bonchev–Trinajstić information content (AvgIpc) is 2.36. The molecular formula is C12H15ClO4. The van der Waals surface area contributed by atoms with E-state index in [2.05, 4.69) is 4.74 Å². The number of benzene rings is 1. The molecule has 1 aromatic carbocycles. The van der Waals surface area contributed by atoms with E-state index in [0.29, 0.717) is 16.7 Å². The molecule has 1 rings (SSSR count). The van der Waals surface area contributed by atoms with Crippen LogP contribution in [0.5, 0.6) is 0 Å². The summed E-state index contributed by atoms with van der Waals surface area (Å²) in [5, 5.41) is 19.4. The summed E-state index contributed by atoms with van der Waals surface area (Å²) < 4.78 is 4.63. The number of halogens is 1. The van der Waals surface area contributed by atoms with Gasteiger partial charge >= 0.3 is 5.97 Å². The van der Waals surface area contributed by atoms with Crippen molar-refractivity contribution in [1.82, 2.24) is 0 Å². The van der Waals surface area contributed by atoms with Crippen LogP contribution < -0.4 is 0 Å². The van der Waals surface area contributed by atoms with Gasteiger partial charge < -0.3 is 14.9 Å². The number of aliphatic hydroxyl groups is 2. The lowest BCUT2D eigenvalue weighted by Crippen LogP contribution is -2.21. The Balaban J connectivity index is 3.14. The zero-order chi connectivity index (χ0) is 13.0. The fourth-order valence-electron chi connectivity index (χ4n) is 1.60. The standard InChI is InChI=1S/C12H15ClO4/c1-7-8(11(15)10(14)6-13)4-3-5-9(7)12(16)17-2/h3-5,10-11,14-15H,6H2,1-2H3. The van der Waals surface area contributed by atoms with Crippen LogP contribution in [-0.4, -0.2) is 35.3 Å². The van der Waals surface area contributed by atoms with Crippen LogP contribution in [0.1, 0.15) is 27.6 Å². The molecule has 0 bridgehead atoms. The molecule has 0 heterocycles. The summed E-state index contributed by atoms with van der Waals surface area (Å²) >= 11 is 5.48. The van der Waals surface area contributed by atoms with Gasteiger partial charge in [-0.2, -0.15) is 0 Å². The molecule has 2 atom stereocenters. The monoisotopic (exact) mass is 258 g/mol. The van der Waals surface area contributed by atoms with E-state index >= 15 is 0 Å². The zero-order valence-electron chi connectivity index (χ0n) is 9.68. The highest BCUT2D eigenvalue weighted by Crippen LogP contribution is 2.24. The number of carbonyl (C=O) groups excluding carboxylic acids is 1. The lowest BCUT2D eigenvalue weighted by molar-refractivity contribution is 0.0321. The molecule has 0 radical (unpaired) electrons. The molecule has 4 nitrogen and oxygen atoms in total. The van der Waals surface area contributed by atoms with E-state index < -0.39 is 18.2 Å². The van der Waals surface area contributed by atoms with E-state index in [4.69, 9.17) is 11.6 Å². The molecular weight excluding hydrogens is 244 g/mol. The van der Waals surface area contributed by atoms with Crippen molar-refractivity contribution in [2.75, 3.05) is 13.0 Å². The lowest BCUT2D eigenvalue weighted by Gasteiger charge is -2.19. The molecule has 0 aliphatic carbocycles. The van der Waals surface area contributed by atoms with Crippen LogP contribution >= 0.6 is 11.6 Å². The topological polar surface area (TPSA) is 66.8 Å². The minimum absolute atomic E-state index is 0.0803. The number of hydrogen-bond acceptors (Lipinski definition) is 4. The van der Waals surface area contributed by atoms with Gasteiger partial charge in [-0.15, -0.1) is 11.6 Å². The smallest absolute Gasteiger partial charge is 0.338 e. The van der Waals surface area contributed by atoms with Crippen LogP contribution in [0.2, 0.25) is 0 Å². The molecule has 1 aromatic rings. The summed E-state index contributed by atoms with van der Waals surface area (Å²) in [5.41, 5.74) is 1.42. The molecule has 0 saturated heterocycles. The number of esters is 1. The summed E-state index contributed by atoms with van der Waals surface area (Å²) in [7, 11) is 1.29. The van der Waals surface area contributed by atoms with Gasteiger partial charge in [-0.3, -0.25) is 0 Å². The van der Waals surface area contributed by atoms with Crippen LogP contribution in [-0.2, 0) is 4.74 Å². The lowest BCUT2D eigenvalue weighted by atomic mass is 9.96. The fraction of sp³-hybridized carbons (Fsp3) is 0.417. The Morgan fingerprint density at radius 3 is 2.65 bits per heavy atom. The van der Waals surface area contributed by atoms with E-state index in [9.17, 15) is 15.0 Å². The quantitative estimate of drug-likeness (QED) is 0.633. The van der Waals surface area contributed by atoms with Crippen molar-refractivity contribution < 1.29 is 19.7 Å². The van der Waals surface area contributed by atoms with Gasteiger partial charge in [0.05, 0.1) is 24.7 Å². The van der Waals surface area contributed by atoms with Crippen LogP contribution in [0.4, 0.5) is 0 Å². The molecule has 2 N–H and O–H groups in total. The van der Waals surface area contributed by atoms with Crippen LogP contribution in [0.15, 0.2) is 18.2 Å². The van der Waals surface area contributed by atoms with Gasteiger partial charge in [-0.05, 0) is 24.1 Å². The minimum atomic E-state index is -1.11. The van der Waals surface area contributed by atoms with Crippen molar-refractivity contribution in [3.05, 3.63) is 34.9 Å². The second kappa shape index (κ2) is 6.00. The Kier molecular flexibility index (Phi) is 4.93. The highest BCUT2D eigenvalue weighted by Gasteiger charge is 2.21. The van der Waals surface area contributed by atoms with Gasteiger partial charge in [-0.1, -0.05) is 12.1 Å².